The van der Waals surface area contributed by atoms with Crippen LogP contribution in [-0.2, 0) is 5.54 Å². The molecule has 1 saturated carbocycles. The average Bonchev–Trinajstić information content (AvgIpc) is 2.83. The van der Waals surface area contributed by atoms with Crippen molar-refractivity contribution in [3.8, 4) is 11.4 Å². The van der Waals surface area contributed by atoms with E-state index in [1.165, 1.54) is 25.0 Å². The van der Waals surface area contributed by atoms with Crippen LogP contribution in [0.2, 0.25) is 5.02 Å². The highest BCUT2D eigenvalue weighted by Gasteiger charge is 2.34. The van der Waals surface area contributed by atoms with Crippen molar-refractivity contribution in [1.29, 1.82) is 0 Å². The minimum absolute atomic E-state index is 0.259. The van der Waals surface area contributed by atoms with E-state index in [4.69, 9.17) is 21.9 Å². The van der Waals surface area contributed by atoms with Gasteiger partial charge in [-0.3, -0.25) is 0 Å². The lowest BCUT2D eigenvalue weighted by molar-refractivity contribution is 0.257. The molecule has 1 aliphatic rings. The summed E-state index contributed by atoms with van der Waals surface area (Å²) < 4.78 is 18.5. The smallest absolute Gasteiger partial charge is 0.247 e. The van der Waals surface area contributed by atoms with Crippen molar-refractivity contribution in [2.24, 2.45) is 5.73 Å². The molecule has 6 heteroatoms. The average molecular weight is 310 g/mol. The highest BCUT2D eigenvalue weighted by molar-refractivity contribution is 6.33. The van der Waals surface area contributed by atoms with Gasteiger partial charge in [-0.15, -0.1) is 0 Å². The number of rotatable bonds is 2. The predicted molar refractivity (Wildman–Crippen MR) is 78.3 cm³/mol. The zero-order chi connectivity index (χ0) is 14.9. The summed E-state index contributed by atoms with van der Waals surface area (Å²) in [5.74, 6) is 0.399. The van der Waals surface area contributed by atoms with Crippen LogP contribution in [0.3, 0.4) is 0 Å². The summed E-state index contributed by atoms with van der Waals surface area (Å²) in [5, 5.41) is 4.21. The van der Waals surface area contributed by atoms with Gasteiger partial charge in [-0.25, -0.2) is 4.39 Å². The third-order valence-corrected chi connectivity index (χ3v) is 4.33. The Morgan fingerprint density at radius 3 is 2.57 bits per heavy atom. The van der Waals surface area contributed by atoms with Gasteiger partial charge in [0.05, 0.1) is 10.6 Å². The molecule has 1 fully saturated rings. The SMILES string of the molecule is NC1(c2nc(-c3ccc(F)cc3Cl)no2)CCCCCC1. The largest absolute Gasteiger partial charge is 0.337 e. The molecule has 0 aliphatic heterocycles. The number of hydrogen-bond donors (Lipinski definition) is 1. The number of benzene rings is 1. The van der Waals surface area contributed by atoms with Gasteiger partial charge < -0.3 is 10.3 Å². The maximum Gasteiger partial charge on any atom is 0.247 e. The molecule has 0 spiro atoms. The van der Waals surface area contributed by atoms with Crippen LogP contribution in [0, 0.1) is 5.82 Å². The van der Waals surface area contributed by atoms with Gasteiger partial charge in [0, 0.05) is 5.56 Å². The van der Waals surface area contributed by atoms with Crippen LogP contribution >= 0.6 is 11.6 Å². The second-order valence-electron chi connectivity index (χ2n) is 5.62. The van der Waals surface area contributed by atoms with Crippen molar-refractivity contribution in [1.82, 2.24) is 10.1 Å². The first-order valence-electron chi connectivity index (χ1n) is 7.17. The van der Waals surface area contributed by atoms with E-state index >= 15 is 0 Å². The van der Waals surface area contributed by atoms with Crippen molar-refractivity contribution in [2.75, 3.05) is 0 Å². The Bertz CT molecular complexity index is 636. The van der Waals surface area contributed by atoms with Crippen LogP contribution in [0.25, 0.3) is 11.4 Å². The fourth-order valence-corrected chi connectivity index (χ4v) is 3.03. The van der Waals surface area contributed by atoms with Crippen molar-refractivity contribution < 1.29 is 8.91 Å². The number of nitrogens with two attached hydrogens (primary N) is 1. The highest BCUT2D eigenvalue weighted by atomic mass is 35.5. The molecule has 0 saturated heterocycles. The summed E-state index contributed by atoms with van der Waals surface area (Å²) in [6.45, 7) is 0. The van der Waals surface area contributed by atoms with Crippen LogP contribution in [0.4, 0.5) is 4.39 Å². The third kappa shape index (κ3) is 2.94. The minimum atomic E-state index is -0.561. The Labute approximate surface area is 127 Å². The van der Waals surface area contributed by atoms with Crippen LogP contribution in [0.5, 0.6) is 0 Å². The lowest BCUT2D eigenvalue weighted by atomic mass is 9.91. The molecule has 0 unspecified atom stereocenters. The number of nitrogens with zero attached hydrogens (tertiary/aromatic N) is 2. The Morgan fingerprint density at radius 2 is 1.90 bits per heavy atom. The Kier molecular flexibility index (Phi) is 3.95. The second kappa shape index (κ2) is 5.73. The molecule has 3 rings (SSSR count). The van der Waals surface area contributed by atoms with Gasteiger partial charge in [0.15, 0.2) is 0 Å². The molecule has 4 nitrogen and oxygen atoms in total. The van der Waals surface area contributed by atoms with E-state index in [0.717, 1.165) is 25.7 Å². The maximum absolute atomic E-state index is 13.1. The first-order chi connectivity index (χ1) is 10.1. The zero-order valence-corrected chi connectivity index (χ0v) is 12.4. The molecule has 1 aliphatic carbocycles. The summed E-state index contributed by atoms with van der Waals surface area (Å²) in [6.07, 6.45) is 6.17. The van der Waals surface area contributed by atoms with E-state index in [1.54, 1.807) is 6.07 Å². The highest BCUT2D eigenvalue weighted by Crippen LogP contribution is 2.34. The van der Waals surface area contributed by atoms with Gasteiger partial charge in [0.2, 0.25) is 11.7 Å². The first-order valence-corrected chi connectivity index (χ1v) is 7.55. The van der Waals surface area contributed by atoms with Gasteiger partial charge in [0.1, 0.15) is 5.82 Å². The quantitative estimate of drug-likeness (QED) is 0.850. The third-order valence-electron chi connectivity index (χ3n) is 4.02. The Hall–Kier alpha value is -1.46. The van der Waals surface area contributed by atoms with Crippen LogP contribution in [0.15, 0.2) is 22.7 Å². The van der Waals surface area contributed by atoms with Gasteiger partial charge in [-0.2, -0.15) is 4.98 Å². The van der Waals surface area contributed by atoms with Gasteiger partial charge in [0.25, 0.3) is 0 Å². The van der Waals surface area contributed by atoms with Crippen LogP contribution in [-0.4, -0.2) is 10.1 Å². The molecule has 1 heterocycles. The molecule has 0 amide bonds. The topological polar surface area (TPSA) is 64.9 Å². The molecular weight excluding hydrogens is 293 g/mol. The number of hydrogen-bond acceptors (Lipinski definition) is 4. The standard InChI is InChI=1S/C15H17ClFN3O/c16-12-9-10(17)5-6-11(12)13-19-14(21-20-13)15(18)7-3-1-2-4-8-15/h5-6,9H,1-4,7-8,18H2. The first kappa shape index (κ1) is 14.5. The minimum Gasteiger partial charge on any atom is -0.337 e. The van der Waals surface area contributed by atoms with Gasteiger partial charge in [-0.05, 0) is 31.0 Å². The molecule has 112 valence electrons. The van der Waals surface area contributed by atoms with E-state index in [0.29, 0.717) is 17.3 Å². The fraction of sp³-hybridized carbons (Fsp3) is 0.467. The normalized spacial score (nSPS) is 18.4. The zero-order valence-electron chi connectivity index (χ0n) is 11.6. The van der Waals surface area contributed by atoms with E-state index in [1.807, 2.05) is 0 Å². The Balaban J connectivity index is 1.92. The van der Waals surface area contributed by atoms with Crippen LogP contribution < -0.4 is 5.73 Å². The Morgan fingerprint density at radius 1 is 1.19 bits per heavy atom. The van der Waals surface area contributed by atoms with Crippen molar-refractivity contribution >= 4 is 11.6 Å². The van der Waals surface area contributed by atoms with E-state index in [-0.39, 0.29) is 5.02 Å². The molecule has 0 radical (unpaired) electrons. The summed E-state index contributed by atoms with van der Waals surface area (Å²) in [4.78, 5) is 4.40. The van der Waals surface area contributed by atoms with Crippen molar-refractivity contribution in [2.45, 2.75) is 44.1 Å². The lowest BCUT2D eigenvalue weighted by Crippen LogP contribution is -2.36. The fourth-order valence-electron chi connectivity index (χ4n) is 2.78. The summed E-state index contributed by atoms with van der Waals surface area (Å²) in [7, 11) is 0. The molecule has 2 aromatic rings. The summed E-state index contributed by atoms with van der Waals surface area (Å²) in [6, 6.07) is 4.10. The monoisotopic (exact) mass is 309 g/mol. The van der Waals surface area contributed by atoms with E-state index in [9.17, 15) is 4.39 Å². The maximum atomic E-state index is 13.1. The molecule has 2 N–H and O–H groups in total. The van der Waals surface area contributed by atoms with Crippen LogP contribution in [0.1, 0.15) is 44.4 Å². The summed E-state index contributed by atoms with van der Waals surface area (Å²) >= 11 is 6.03. The second-order valence-corrected chi connectivity index (χ2v) is 6.02. The number of aromatic nitrogens is 2. The molecular formula is C15H17ClFN3O. The van der Waals surface area contributed by atoms with Gasteiger partial charge in [-0.1, -0.05) is 42.4 Å². The van der Waals surface area contributed by atoms with Crippen molar-refractivity contribution in [3.05, 3.63) is 34.9 Å². The molecule has 0 bridgehead atoms. The predicted octanol–water partition coefficient (Wildman–Crippen LogP) is 4.04. The van der Waals surface area contributed by atoms with Gasteiger partial charge >= 0.3 is 0 Å². The molecule has 21 heavy (non-hydrogen) atoms. The molecule has 0 atom stereocenters. The number of halogens is 2. The van der Waals surface area contributed by atoms with E-state index < -0.39 is 11.4 Å². The van der Waals surface area contributed by atoms with Crippen molar-refractivity contribution in [3.63, 3.8) is 0 Å². The molecule has 1 aromatic heterocycles. The lowest BCUT2D eigenvalue weighted by Gasteiger charge is -2.22. The van der Waals surface area contributed by atoms with E-state index in [2.05, 4.69) is 10.1 Å². The molecule has 1 aromatic carbocycles. The summed E-state index contributed by atoms with van der Waals surface area (Å²) in [5.41, 5.74) is 6.43.